The van der Waals surface area contributed by atoms with Crippen LogP contribution < -0.4 is 0 Å². The van der Waals surface area contributed by atoms with Crippen LogP contribution in [-0.2, 0) is 0 Å². The van der Waals surface area contributed by atoms with Gasteiger partial charge in [-0.05, 0) is 81.4 Å². The second-order valence-electron chi connectivity index (χ2n) is 8.87. The predicted molar refractivity (Wildman–Crippen MR) is 152 cm³/mol. The monoisotopic (exact) mass is 513 g/mol. The quantitative estimate of drug-likeness (QED) is 0.231. The average Bonchev–Trinajstić information content (AvgIpc) is 2.98. The highest BCUT2D eigenvalue weighted by molar-refractivity contribution is 6.28. The van der Waals surface area contributed by atoms with Crippen molar-refractivity contribution in [2.45, 2.75) is 0 Å². The number of benzene rings is 5. The molecule has 0 saturated carbocycles. The molecule has 182 valence electrons. The molecule has 0 aliphatic heterocycles. The summed E-state index contributed by atoms with van der Waals surface area (Å²) in [5.41, 5.74) is 7.65. The summed E-state index contributed by atoms with van der Waals surface area (Å²) >= 11 is 6.43. The largest absolute Gasteiger partial charge is 0.226 e. The third-order valence-corrected chi connectivity index (χ3v) is 6.48. The van der Waals surface area contributed by atoms with Crippen LogP contribution in [0.1, 0.15) is 0 Å². The van der Waals surface area contributed by atoms with Crippen LogP contribution in [0.25, 0.3) is 56.2 Å². The first-order valence-electron chi connectivity index (χ1n) is 12.2. The van der Waals surface area contributed by atoms with Crippen LogP contribution in [0.5, 0.6) is 0 Å². The van der Waals surface area contributed by atoms with Gasteiger partial charge in [0.25, 0.3) is 0 Å². The molecular formula is C33H21ClFN3. The van der Waals surface area contributed by atoms with E-state index in [4.69, 9.17) is 16.6 Å². The van der Waals surface area contributed by atoms with Crippen LogP contribution in [0.4, 0.5) is 4.39 Å². The number of halogens is 2. The van der Waals surface area contributed by atoms with Crippen molar-refractivity contribution in [1.29, 1.82) is 0 Å². The van der Waals surface area contributed by atoms with E-state index in [1.54, 1.807) is 12.1 Å². The van der Waals surface area contributed by atoms with Gasteiger partial charge in [-0.2, -0.15) is 9.97 Å². The number of nitrogens with zero attached hydrogens (tertiary/aromatic N) is 3. The lowest BCUT2D eigenvalue weighted by molar-refractivity contribution is 0.628. The van der Waals surface area contributed by atoms with Crippen molar-refractivity contribution in [3.8, 4) is 56.2 Å². The Kier molecular flexibility index (Phi) is 6.47. The molecule has 1 aromatic heterocycles. The van der Waals surface area contributed by atoms with Crippen molar-refractivity contribution < 1.29 is 4.39 Å². The summed E-state index contributed by atoms with van der Waals surface area (Å²) in [5.74, 6) is 0.678. The molecule has 0 bridgehead atoms. The smallest absolute Gasteiger partial charge is 0.208 e. The Morgan fingerprint density at radius 2 is 0.842 bits per heavy atom. The Hall–Kier alpha value is -4.67. The van der Waals surface area contributed by atoms with Crippen LogP contribution >= 0.6 is 11.6 Å². The van der Waals surface area contributed by atoms with Crippen LogP contribution in [0.15, 0.2) is 127 Å². The first kappa shape index (κ1) is 23.7. The summed E-state index contributed by atoms with van der Waals surface area (Å²) in [5, 5.41) is 0.114. The minimum absolute atomic E-state index is 0.114. The SMILES string of the molecule is Fc1ccc(-c2cc(-c3ccccc3)cc(-c3nc(Cl)nc(-c4cccc(-c5ccccc5)c4)n3)c2)cc1. The second-order valence-corrected chi connectivity index (χ2v) is 9.21. The first-order valence-corrected chi connectivity index (χ1v) is 12.5. The van der Waals surface area contributed by atoms with E-state index in [-0.39, 0.29) is 11.1 Å². The molecule has 0 unspecified atom stereocenters. The van der Waals surface area contributed by atoms with Gasteiger partial charge >= 0.3 is 0 Å². The molecule has 0 radical (unpaired) electrons. The Labute approximate surface area is 225 Å². The number of rotatable bonds is 5. The van der Waals surface area contributed by atoms with E-state index in [0.29, 0.717) is 11.6 Å². The first-order chi connectivity index (χ1) is 18.6. The van der Waals surface area contributed by atoms with Crippen molar-refractivity contribution >= 4 is 11.6 Å². The van der Waals surface area contributed by atoms with E-state index in [1.165, 1.54) is 12.1 Å². The molecule has 0 aliphatic rings. The van der Waals surface area contributed by atoms with Crippen molar-refractivity contribution in [2.75, 3.05) is 0 Å². The fourth-order valence-corrected chi connectivity index (χ4v) is 4.60. The van der Waals surface area contributed by atoms with E-state index in [9.17, 15) is 4.39 Å². The maximum Gasteiger partial charge on any atom is 0.226 e. The number of aromatic nitrogens is 3. The van der Waals surface area contributed by atoms with Gasteiger partial charge in [-0.25, -0.2) is 9.37 Å². The van der Waals surface area contributed by atoms with Gasteiger partial charge in [0.15, 0.2) is 11.6 Å². The van der Waals surface area contributed by atoms with Crippen molar-refractivity contribution in [2.24, 2.45) is 0 Å². The summed E-state index contributed by atoms with van der Waals surface area (Å²) in [7, 11) is 0. The molecule has 0 aliphatic carbocycles. The molecule has 38 heavy (non-hydrogen) atoms. The van der Waals surface area contributed by atoms with Gasteiger partial charge in [0.05, 0.1) is 0 Å². The standard InChI is InChI=1S/C33H21ClFN3/c34-33-37-31(26-13-7-12-25(18-26)22-8-3-1-4-9-22)36-32(38-33)29-20-27(23-10-5-2-6-11-23)19-28(21-29)24-14-16-30(35)17-15-24/h1-21H. The average molecular weight is 514 g/mol. The minimum atomic E-state index is -0.278. The van der Waals surface area contributed by atoms with Crippen molar-refractivity contribution in [3.05, 3.63) is 138 Å². The Morgan fingerprint density at radius 1 is 0.395 bits per heavy atom. The molecule has 3 nitrogen and oxygen atoms in total. The lowest BCUT2D eigenvalue weighted by Crippen LogP contribution is -1.98. The molecule has 0 fully saturated rings. The van der Waals surface area contributed by atoms with E-state index < -0.39 is 0 Å². The Morgan fingerprint density at radius 3 is 1.47 bits per heavy atom. The zero-order chi connectivity index (χ0) is 25.9. The van der Waals surface area contributed by atoms with Crippen molar-refractivity contribution in [3.63, 3.8) is 0 Å². The van der Waals surface area contributed by atoms with Gasteiger partial charge in [0.2, 0.25) is 5.28 Å². The molecule has 0 N–H and O–H groups in total. The van der Waals surface area contributed by atoms with Crippen LogP contribution in [0, 0.1) is 5.82 Å². The van der Waals surface area contributed by atoms with Crippen LogP contribution in [-0.4, -0.2) is 15.0 Å². The third kappa shape index (κ3) is 5.08. The summed E-state index contributed by atoms with van der Waals surface area (Å²) in [4.78, 5) is 13.7. The topological polar surface area (TPSA) is 38.7 Å². The van der Waals surface area contributed by atoms with Gasteiger partial charge < -0.3 is 0 Å². The lowest BCUT2D eigenvalue weighted by Gasteiger charge is -2.11. The Bertz CT molecular complexity index is 1720. The van der Waals surface area contributed by atoms with Gasteiger partial charge in [-0.15, -0.1) is 0 Å². The molecule has 1 heterocycles. The zero-order valence-corrected chi connectivity index (χ0v) is 21.0. The highest BCUT2D eigenvalue weighted by atomic mass is 35.5. The molecular weight excluding hydrogens is 493 g/mol. The van der Waals surface area contributed by atoms with Gasteiger partial charge in [-0.1, -0.05) is 91.0 Å². The summed E-state index contributed by atoms with van der Waals surface area (Å²) in [6.07, 6.45) is 0. The lowest BCUT2D eigenvalue weighted by atomic mass is 9.96. The summed E-state index contributed by atoms with van der Waals surface area (Å²) in [6.45, 7) is 0. The molecule has 0 saturated heterocycles. The molecule has 0 atom stereocenters. The van der Waals surface area contributed by atoms with Crippen molar-refractivity contribution in [1.82, 2.24) is 15.0 Å². The molecule has 5 aromatic carbocycles. The summed E-state index contributed by atoms with van der Waals surface area (Å²) in [6, 6.07) is 40.9. The minimum Gasteiger partial charge on any atom is -0.208 e. The second kappa shape index (κ2) is 10.4. The van der Waals surface area contributed by atoms with E-state index in [1.807, 2.05) is 60.7 Å². The molecule has 0 amide bonds. The van der Waals surface area contributed by atoms with Crippen LogP contribution in [0.3, 0.4) is 0 Å². The highest BCUT2D eigenvalue weighted by Crippen LogP contribution is 2.33. The maximum absolute atomic E-state index is 13.6. The fraction of sp³-hybridized carbons (Fsp3) is 0. The highest BCUT2D eigenvalue weighted by Gasteiger charge is 2.14. The van der Waals surface area contributed by atoms with Gasteiger partial charge in [0, 0.05) is 11.1 Å². The third-order valence-electron chi connectivity index (χ3n) is 6.31. The normalized spacial score (nSPS) is 10.9. The number of hydrogen-bond donors (Lipinski definition) is 0. The molecule has 5 heteroatoms. The van der Waals surface area contributed by atoms with E-state index >= 15 is 0 Å². The van der Waals surface area contributed by atoms with Gasteiger partial charge in [-0.3, -0.25) is 0 Å². The fourth-order valence-electron chi connectivity index (χ4n) is 4.44. The zero-order valence-electron chi connectivity index (χ0n) is 20.2. The molecule has 0 spiro atoms. The van der Waals surface area contributed by atoms with E-state index in [0.717, 1.165) is 44.5 Å². The summed E-state index contributed by atoms with van der Waals surface area (Å²) < 4.78 is 13.6. The number of hydrogen-bond acceptors (Lipinski definition) is 3. The predicted octanol–water partition coefficient (Wildman–Crippen LogP) is 9.00. The maximum atomic E-state index is 13.6. The van der Waals surface area contributed by atoms with Gasteiger partial charge in [0.1, 0.15) is 5.82 Å². The Balaban J connectivity index is 1.48. The molecule has 6 aromatic rings. The van der Waals surface area contributed by atoms with Crippen LogP contribution in [0.2, 0.25) is 5.28 Å². The molecule has 6 rings (SSSR count). The van der Waals surface area contributed by atoms with E-state index in [2.05, 4.69) is 52.4 Å².